The molecule has 0 unspecified atom stereocenters. The van der Waals surface area contributed by atoms with Crippen molar-refractivity contribution < 1.29 is 9.90 Å². The Kier molecular flexibility index (Phi) is 3.81. The van der Waals surface area contributed by atoms with Gasteiger partial charge in [0.1, 0.15) is 17.4 Å². The minimum Gasteiger partial charge on any atom is -0.508 e. The highest BCUT2D eigenvalue weighted by molar-refractivity contribution is 5.97. The van der Waals surface area contributed by atoms with E-state index in [1.165, 1.54) is 0 Å². The smallest absolute Gasteiger partial charge is 0.228 e. The standard InChI is InChI=1S/C22H21N5O2/c1-11-4-7-18(28)12(2)20(11)16-8-15-10-23-19(24-22(29)14-5-6-14)9-17(15)27-13(3)25-26-21(16)27/h4,7-10,14,28H,5-6H2,1-3H3,(H,23,24,29). The van der Waals surface area contributed by atoms with Crippen LogP contribution in [-0.4, -0.2) is 30.6 Å². The second-order valence-electron chi connectivity index (χ2n) is 7.76. The van der Waals surface area contributed by atoms with E-state index in [2.05, 4.69) is 20.5 Å². The Labute approximate surface area is 167 Å². The fourth-order valence-corrected chi connectivity index (χ4v) is 3.88. The third kappa shape index (κ3) is 2.81. The number of aromatic nitrogens is 4. The van der Waals surface area contributed by atoms with E-state index in [1.54, 1.807) is 12.3 Å². The lowest BCUT2D eigenvalue weighted by Gasteiger charge is -2.15. The van der Waals surface area contributed by atoms with Gasteiger partial charge in [-0.15, -0.1) is 10.2 Å². The molecule has 0 saturated heterocycles. The van der Waals surface area contributed by atoms with Crippen LogP contribution in [0.15, 0.2) is 30.5 Å². The van der Waals surface area contributed by atoms with Gasteiger partial charge in [0.15, 0.2) is 5.65 Å². The van der Waals surface area contributed by atoms with Crippen molar-refractivity contribution in [1.82, 2.24) is 19.6 Å². The molecular weight excluding hydrogens is 366 g/mol. The Hall–Kier alpha value is -3.48. The van der Waals surface area contributed by atoms with E-state index in [0.29, 0.717) is 11.5 Å². The molecule has 29 heavy (non-hydrogen) atoms. The second kappa shape index (κ2) is 6.27. The quantitative estimate of drug-likeness (QED) is 0.556. The maximum Gasteiger partial charge on any atom is 0.228 e. The van der Waals surface area contributed by atoms with E-state index in [-0.39, 0.29) is 17.6 Å². The number of rotatable bonds is 3. The number of fused-ring (bicyclic) bond motifs is 3. The van der Waals surface area contributed by atoms with Crippen LogP contribution in [0, 0.1) is 26.7 Å². The summed E-state index contributed by atoms with van der Waals surface area (Å²) in [7, 11) is 0. The van der Waals surface area contributed by atoms with E-state index in [0.717, 1.165) is 51.8 Å². The first-order valence-electron chi connectivity index (χ1n) is 9.69. The lowest BCUT2D eigenvalue weighted by atomic mass is 9.95. The van der Waals surface area contributed by atoms with Crippen molar-refractivity contribution in [2.24, 2.45) is 5.92 Å². The Bertz CT molecular complexity index is 1300. The Morgan fingerprint density at radius 1 is 1.17 bits per heavy atom. The van der Waals surface area contributed by atoms with Crippen LogP contribution in [0.1, 0.15) is 29.8 Å². The first kappa shape index (κ1) is 17.6. The highest BCUT2D eigenvalue weighted by Gasteiger charge is 2.30. The van der Waals surface area contributed by atoms with Gasteiger partial charge >= 0.3 is 0 Å². The largest absolute Gasteiger partial charge is 0.508 e. The van der Waals surface area contributed by atoms with Crippen molar-refractivity contribution in [2.75, 3.05) is 5.32 Å². The summed E-state index contributed by atoms with van der Waals surface area (Å²) in [6.07, 6.45) is 3.65. The maximum absolute atomic E-state index is 12.1. The van der Waals surface area contributed by atoms with Crippen LogP contribution >= 0.6 is 0 Å². The fraction of sp³-hybridized carbons (Fsp3) is 0.273. The highest BCUT2D eigenvalue weighted by Crippen LogP contribution is 2.37. The van der Waals surface area contributed by atoms with Gasteiger partial charge in [-0.2, -0.15) is 0 Å². The first-order chi connectivity index (χ1) is 13.9. The normalized spacial score (nSPS) is 13.9. The number of nitrogens with zero attached hydrogens (tertiary/aromatic N) is 4. The van der Waals surface area contributed by atoms with E-state index in [1.807, 2.05) is 43.4 Å². The summed E-state index contributed by atoms with van der Waals surface area (Å²) in [4.78, 5) is 16.6. The van der Waals surface area contributed by atoms with Crippen LogP contribution in [0.25, 0.3) is 27.7 Å². The third-order valence-electron chi connectivity index (χ3n) is 5.63. The van der Waals surface area contributed by atoms with Gasteiger partial charge in [-0.25, -0.2) is 4.98 Å². The van der Waals surface area contributed by atoms with Crippen LogP contribution in [0.4, 0.5) is 5.82 Å². The molecule has 146 valence electrons. The molecule has 0 spiro atoms. The van der Waals surface area contributed by atoms with Gasteiger partial charge in [0.05, 0.1) is 5.52 Å². The van der Waals surface area contributed by atoms with Gasteiger partial charge in [-0.3, -0.25) is 9.20 Å². The third-order valence-corrected chi connectivity index (χ3v) is 5.63. The number of carbonyl (C=O) groups excluding carboxylic acids is 1. The van der Waals surface area contributed by atoms with Crippen LogP contribution < -0.4 is 5.32 Å². The van der Waals surface area contributed by atoms with Crippen molar-refractivity contribution in [1.29, 1.82) is 0 Å². The molecular formula is C22H21N5O2. The molecule has 1 aliphatic rings. The average Bonchev–Trinajstić information content (AvgIpc) is 3.48. The zero-order valence-electron chi connectivity index (χ0n) is 16.5. The van der Waals surface area contributed by atoms with E-state index < -0.39 is 0 Å². The van der Waals surface area contributed by atoms with Gasteiger partial charge < -0.3 is 10.4 Å². The summed E-state index contributed by atoms with van der Waals surface area (Å²) in [5.74, 6) is 1.66. The Morgan fingerprint density at radius 2 is 1.97 bits per heavy atom. The predicted molar refractivity (Wildman–Crippen MR) is 111 cm³/mol. The van der Waals surface area contributed by atoms with E-state index in [9.17, 15) is 9.90 Å². The van der Waals surface area contributed by atoms with E-state index >= 15 is 0 Å². The van der Waals surface area contributed by atoms with Gasteiger partial charge in [0.2, 0.25) is 5.91 Å². The van der Waals surface area contributed by atoms with Crippen molar-refractivity contribution in [3.63, 3.8) is 0 Å². The average molecular weight is 387 g/mol. The molecule has 3 heterocycles. The minimum absolute atomic E-state index is 0.0243. The number of phenols is 1. The Morgan fingerprint density at radius 3 is 2.72 bits per heavy atom. The summed E-state index contributed by atoms with van der Waals surface area (Å²) in [6.45, 7) is 5.81. The highest BCUT2D eigenvalue weighted by atomic mass is 16.3. The monoisotopic (exact) mass is 387 g/mol. The molecule has 3 aromatic heterocycles. The molecule has 1 aromatic carbocycles. The summed E-state index contributed by atoms with van der Waals surface area (Å²) < 4.78 is 1.97. The molecule has 0 radical (unpaired) electrons. The van der Waals surface area contributed by atoms with Gasteiger partial charge in [0.25, 0.3) is 0 Å². The number of amides is 1. The van der Waals surface area contributed by atoms with Gasteiger partial charge in [0, 0.05) is 29.1 Å². The van der Waals surface area contributed by atoms with Crippen LogP contribution in [-0.2, 0) is 4.79 Å². The van der Waals surface area contributed by atoms with Crippen LogP contribution in [0.5, 0.6) is 5.75 Å². The molecule has 4 aromatic rings. The number of carbonyl (C=O) groups is 1. The second-order valence-corrected chi connectivity index (χ2v) is 7.76. The van der Waals surface area contributed by atoms with Crippen molar-refractivity contribution in [3.8, 4) is 16.9 Å². The van der Waals surface area contributed by atoms with Crippen LogP contribution in [0.3, 0.4) is 0 Å². The lowest BCUT2D eigenvalue weighted by Crippen LogP contribution is -2.14. The topological polar surface area (TPSA) is 92.4 Å². The summed E-state index contributed by atoms with van der Waals surface area (Å²) in [5.41, 5.74) is 5.26. The van der Waals surface area contributed by atoms with Crippen LogP contribution in [0.2, 0.25) is 0 Å². The van der Waals surface area contributed by atoms with Crippen molar-refractivity contribution in [3.05, 3.63) is 47.4 Å². The molecule has 1 saturated carbocycles. The van der Waals surface area contributed by atoms with Gasteiger partial charge in [-0.1, -0.05) is 6.07 Å². The number of aryl methyl sites for hydroxylation is 2. The molecule has 5 rings (SSSR count). The molecule has 1 aliphatic carbocycles. The molecule has 7 heteroatoms. The zero-order chi connectivity index (χ0) is 20.3. The van der Waals surface area contributed by atoms with Crippen molar-refractivity contribution >= 4 is 28.3 Å². The lowest BCUT2D eigenvalue weighted by molar-refractivity contribution is -0.117. The minimum atomic E-state index is 0.0243. The number of nitrogens with one attached hydrogen (secondary N) is 1. The molecule has 0 atom stereocenters. The number of benzene rings is 1. The number of aromatic hydroxyl groups is 1. The molecule has 1 amide bonds. The maximum atomic E-state index is 12.1. The number of anilines is 1. The fourth-order valence-electron chi connectivity index (χ4n) is 3.88. The summed E-state index contributed by atoms with van der Waals surface area (Å²) >= 11 is 0. The molecule has 2 N–H and O–H groups in total. The number of pyridine rings is 2. The molecule has 0 bridgehead atoms. The zero-order valence-corrected chi connectivity index (χ0v) is 16.5. The SMILES string of the molecule is Cc1ccc(O)c(C)c1-c1cc2cnc(NC(=O)C3CC3)cc2n2c(C)nnc12. The molecule has 0 aliphatic heterocycles. The molecule has 1 fully saturated rings. The summed E-state index contributed by atoms with van der Waals surface area (Å²) in [5, 5.41) is 22.8. The predicted octanol–water partition coefficient (Wildman–Crippen LogP) is 3.92. The first-order valence-corrected chi connectivity index (χ1v) is 9.69. The number of hydrogen-bond donors (Lipinski definition) is 2. The van der Waals surface area contributed by atoms with E-state index in [4.69, 9.17) is 0 Å². The number of phenolic OH excluding ortho intramolecular Hbond substituents is 1. The number of hydrogen-bond acceptors (Lipinski definition) is 5. The Balaban J connectivity index is 1.75. The summed E-state index contributed by atoms with van der Waals surface area (Å²) in [6, 6.07) is 7.49. The van der Waals surface area contributed by atoms with Crippen molar-refractivity contribution in [2.45, 2.75) is 33.6 Å². The van der Waals surface area contributed by atoms with Gasteiger partial charge in [-0.05, 0) is 62.4 Å². The molecule has 7 nitrogen and oxygen atoms in total.